The minimum Gasteiger partial charge on any atom is -0.455 e. The van der Waals surface area contributed by atoms with Gasteiger partial charge in [0, 0.05) is 28.6 Å². The Labute approximate surface area is 163 Å². The Balaban J connectivity index is 1.71. The highest BCUT2D eigenvalue weighted by Gasteiger charge is 2.17. The third-order valence-corrected chi connectivity index (χ3v) is 4.64. The van der Waals surface area contributed by atoms with Crippen LogP contribution >= 0.6 is 0 Å². The van der Waals surface area contributed by atoms with Crippen LogP contribution in [0.2, 0.25) is 0 Å². The van der Waals surface area contributed by atoms with Gasteiger partial charge in [-0.25, -0.2) is 18.7 Å². The van der Waals surface area contributed by atoms with Crippen LogP contribution in [-0.2, 0) is 0 Å². The Morgan fingerprint density at radius 1 is 0.897 bits per heavy atom. The molecule has 2 heterocycles. The number of aromatic nitrogens is 3. The predicted molar refractivity (Wildman–Crippen MR) is 108 cm³/mol. The van der Waals surface area contributed by atoms with E-state index in [4.69, 9.17) is 10.5 Å². The molecule has 0 bridgehead atoms. The maximum absolute atomic E-state index is 14.1. The van der Waals surface area contributed by atoms with E-state index in [-0.39, 0.29) is 17.2 Å². The molecular weight excluding hydrogens is 374 g/mol. The van der Waals surface area contributed by atoms with Crippen LogP contribution < -0.4 is 10.5 Å². The first-order valence-corrected chi connectivity index (χ1v) is 8.86. The van der Waals surface area contributed by atoms with Crippen molar-refractivity contribution in [1.82, 2.24) is 15.0 Å². The summed E-state index contributed by atoms with van der Waals surface area (Å²) in [6, 6.07) is 16.7. The maximum Gasteiger partial charge on any atom is 0.164 e. The Morgan fingerprint density at radius 2 is 1.72 bits per heavy atom. The number of nitrogens with two attached hydrogens (primary N) is 1. The SMILES string of the molecule is Nc1nc(-c2c[nH]c3c(F)cc(F)cc23)nc2c(Oc3ccccc3)cccc12. The van der Waals surface area contributed by atoms with Crippen LogP contribution in [0.3, 0.4) is 0 Å². The smallest absolute Gasteiger partial charge is 0.164 e. The van der Waals surface area contributed by atoms with Gasteiger partial charge >= 0.3 is 0 Å². The first-order chi connectivity index (χ1) is 14.1. The lowest BCUT2D eigenvalue weighted by atomic mass is 10.1. The fourth-order valence-corrected chi connectivity index (χ4v) is 3.31. The zero-order valence-electron chi connectivity index (χ0n) is 15.0. The number of ether oxygens (including phenoxy) is 1. The largest absolute Gasteiger partial charge is 0.455 e. The number of hydrogen-bond acceptors (Lipinski definition) is 4. The van der Waals surface area contributed by atoms with E-state index in [0.717, 1.165) is 6.07 Å². The summed E-state index contributed by atoms with van der Waals surface area (Å²) in [5.41, 5.74) is 7.29. The molecule has 0 radical (unpaired) electrons. The van der Waals surface area contributed by atoms with Crippen molar-refractivity contribution in [2.24, 2.45) is 0 Å². The van der Waals surface area contributed by atoms with Gasteiger partial charge in [-0.1, -0.05) is 24.3 Å². The molecule has 142 valence electrons. The van der Waals surface area contributed by atoms with Crippen LogP contribution in [0.25, 0.3) is 33.2 Å². The highest BCUT2D eigenvalue weighted by atomic mass is 19.1. The molecule has 0 unspecified atom stereocenters. The molecule has 3 aromatic carbocycles. The van der Waals surface area contributed by atoms with Crippen LogP contribution in [0.5, 0.6) is 11.5 Å². The standard InChI is InChI=1S/C22H14F2N4O/c23-12-9-15-16(11-26-19(15)17(24)10-12)22-27-20-14(21(25)28-22)7-4-8-18(20)29-13-5-2-1-3-6-13/h1-11,26H,(H2,25,27,28). The fraction of sp³-hybridized carbons (Fsp3) is 0. The van der Waals surface area contributed by atoms with E-state index in [1.165, 1.54) is 12.3 Å². The monoisotopic (exact) mass is 388 g/mol. The van der Waals surface area contributed by atoms with Gasteiger partial charge in [0.15, 0.2) is 11.6 Å². The van der Waals surface area contributed by atoms with Crippen molar-refractivity contribution in [3.8, 4) is 22.9 Å². The average molecular weight is 388 g/mol. The molecule has 5 nitrogen and oxygen atoms in total. The first-order valence-electron chi connectivity index (χ1n) is 8.86. The molecule has 3 N–H and O–H groups in total. The fourth-order valence-electron chi connectivity index (χ4n) is 3.31. The number of benzene rings is 3. The number of nitrogen functional groups attached to an aromatic ring is 1. The zero-order valence-corrected chi connectivity index (χ0v) is 15.0. The van der Waals surface area contributed by atoms with E-state index in [1.54, 1.807) is 18.2 Å². The van der Waals surface area contributed by atoms with Crippen molar-refractivity contribution < 1.29 is 13.5 Å². The summed E-state index contributed by atoms with van der Waals surface area (Å²) in [5.74, 6) is 0.271. The summed E-state index contributed by atoms with van der Waals surface area (Å²) in [7, 11) is 0. The van der Waals surface area contributed by atoms with Crippen LogP contribution in [0.1, 0.15) is 0 Å². The van der Waals surface area contributed by atoms with E-state index in [1.807, 2.05) is 30.3 Å². The van der Waals surface area contributed by atoms with E-state index >= 15 is 0 Å². The Hall–Kier alpha value is -4.00. The van der Waals surface area contributed by atoms with E-state index < -0.39 is 11.6 Å². The van der Waals surface area contributed by atoms with Crippen molar-refractivity contribution in [1.29, 1.82) is 0 Å². The molecule has 0 saturated carbocycles. The zero-order chi connectivity index (χ0) is 20.0. The molecule has 0 amide bonds. The molecule has 0 aliphatic rings. The van der Waals surface area contributed by atoms with Crippen LogP contribution in [0, 0.1) is 11.6 Å². The van der Waals surface area contributed by atoms with E-state index in [9.17, 15) is 8.78 Å². The third-order valence-electron chi connectivity index (χ3n) is 4.64. The van der Waals surface area contributed by atoms with Gasteiger partial charge in [0.05, 0.1) is 5.52 Å². The highest BCUT2D eigenvalue weighted by Crippen LogP contribution is 2.34. The number of nitrogens with one attached hydrogen (secondary N) is 1. The second-order valence-corrected chi connectivity index (χ2v) is 6.51. The van der Waals surface area contributed by atoms with Crippen molar-refractivity contribution in [3.63, 3.8) is 0 Å². The minimum absolute atomic E-state index is 0.178. The number of hydrogen-bond donors (Lipinski definition) is 2. The van der Waals surface area contributed by atoms with Crippen LogP contribution in [-0.4, -0.2) is 15.0 Å². The molecule has 2 aromatic heterocycles. The predicted octanol–water partition coefficient (Wildman–Crippen LogP) is 5.43. The molecule has 0 saturated heterocycles. The summed E-state index contributed by atoms with van der Waals surface area (Å²) in [4.78, 5) is 11.8. The molecule has 0 spiro atoms. The Bertz CT molecular complexity index is 1370. The van der Waals surface area contributed by atoms with E-state index in [2.05, 4.69) is 15.0 Å². The van der Waals surface area contributed by atoms with Crippen molar-refractivity contribution in [2.75, 3.05) is 5.73 Å². The summed E-state index contributed by atoms with van der Waals surface area (Å²) in [6.07, 6.45) is 1.54. The Morgan fingerprint density at radius 3 is 2.55 bits per heavy atom. The molecule has 5 rings (SSSR count). The molecule has 0 aliphatic heterocycles. The van der Waals surface area contributed by atoms with Gasteiger partial charge in [-0.3, -0.25) is 0 Å². The topological polar surface area (TPSA) is 76.8 Å². The normalized spacial score (nSPS) is 11.2. The lowest BCUT2D eigenvalue weighted by Crippen LogP contribution is -1.99. The van der Waals surface area contributed by atoms with Gasteiger partial charge in [0.2, 0.25) is 0 Å². The van der Waals surface area contributed by atoms with Gasteiger partial charge < -0.3 is 15.5 Å². The maximum atomic E-state index is 14.1. The Kier molecular flexibility index (Phi) is 3.87. The third kappa shape index (κ3) is 2.93. The molecule has 7 heteroatoms. The number of rotatable bonds is 3. The molecule has 0 atom stereocenters. The summed E-state index contributed by atoms with van der Waals surface area (Å²) < 4.78 is 33.8. The molecule has 5 aromatic rings. The molecular formula is C22H14F2N4O. The number of anilines is 1. The molecule has 29 heavy (non-hydrogen) atoms. The molecule has 0 aliphatic carbocycles. The van der Waals surface area contributed by atoms with Gasteiger partial charge in [0.1, 0.15) is 28.7 Å². The lowest BCUT2D eigenvalue weighted by molar-refractivity contribution is 0.487. The number of H-pyrrole nitrogens is 1. The number of para-hydroxylation sites is 2. The number of halogens is 2. The van der Waals surface area contributed by atoms with Crippen molar-refractivity contribution in [2.45, 2.75) is 0 Å². The first kappa shape index (κ1) is 17.1. The highest BCUT2D eigenvalue weighted by molar-refractivity contribution is 5.98. The van der Waals surface area contributed by atoms with E-state index in [0.29, 0.717) is 33.4 Å². The van der Waals surface area contributed by atoms with Crippen LogP contribution in [0.15, 0.2) is 66.9 Å². The van der Waals surface area contributed by atoms with Crippen LogP contribution in [0.4, 0.5) is 14.6 Å². The number of fused-ring (bicyclic) bond motifs is 2. The summed E-state index contributed by atoms with van der Waals surface area (Å²) in [5, 5.41) is 0.960. The second-order valence-electron chi connectivity index (χ2n) is 6.51. The quantitative estimate of drug-likeness (QED) is 0.432. The number of nitrogens with zero attached hydrogens (tertiary/aromatic N) is 2. The van der Waals surface area contributed by atoms with Crippen molar-refractivity contribution >= 4 is 27.6 Å². The van der Waals surface area contributed by atoms with Gasteiger partial charge in [-0.05, 0) is 30.3 Å². The van der Waals surface area contributed by atoms with Crippen molar-refractivity contribution in [3.05, 3.63) is 78.5 Å². The lowest BCUT2D eigenvalue weighted by Gasteiger charge is -2.10. The van der Waals surface area contributed by atoms with Gasteiger partial charge in [-0.2, -0.15) is 0 Å². The summed E-state index contributed by atoms with van der Waals surface area (Å²) >= 11 is 0. The minimum atomic E-state index is -0.687. The molecule has 0 fully saturated rings. The second kappa shape index (κ2) is 6.56. The number of aromatic amines is 1. The van der Waals surface area contributed by atoms with Gasteiger partial charge in [-0.15, -0.1) is 0 Å². The average Bonchev–Trinajstić information content (AvgIpc) is 3.13. The van der Waals surface area contributed by atoms with Gasteiger partial charge in [0.25, 0.3) is 0 Å². The summed E-state index contributed by atoms with van der Waals surface area (Å²) in [6.45, 7) is 0.